The first-order chi connectivity index (χ1) is 5.82. The molecule has 0 aliphatic heterocycles. The molecule has 0 heterocycles. The minimum atomic E-state index is -0.538. The maximum absolute atomic E-state index is 11.6. The van der Waals surface area contributed by atoms with Crippen LogP contribution < -0.4 is 0 Å². The predicted octanol–water partition coefficient (Wildman–Crippen LogP) is 2.09. The molecule has 0 aliphatic rings. The van der Waals surface area contributed by atoms with Crippen molar-refractivity contribution in [1.29, 1.82) is 0 Å². The van der Waals surface area contributed by atoms with Gasteiger partial charge in [-0.15, -0.1) is 12.4 Å². The van der Waals surface area contributed by atoms with Gasteiger partial charge >= 0.3 is 5.97 Å². The van der Waals surface area contributed by atoms with Crippen LogP contribution in [0.2, 0.25) is 0 Å². The van der Waals surface area contributed by atoms with E-state index in [1.54, 1.807) is 0 Å². The van der Waals surface area contributed by atoms with Crippen molar-refractivity contribution in [1.82, 2.24) is 4.90 Å². The number of halogens is 1. The van der Waals surface area contributed by atoms with E-state index in [2.05, 4.69) is 0 Å². The van der Waals surface area contributed by atoms with Crippen LogP contribution >= 0.6 is 12.4 Å². The molecule has 0 aliphatic carbocycles. The zero-order chi connectivity index (χ0) is 10.6. The third-order valence-electron chi connectivity index (χ3n) is 2.50. The molecule has 4 heteroatoms. The van der Waals surface area contributed by atoms with Crippen LogP contribution in [0.5, 0.6) is 0 Å². The van der Waals surface area contributed by atoms with E-state index in [1.807, 2.05) is 46.7 Å². The monoisotopic (exact) mass is 223 g/mol. The summed E-state index contributed by atoms with van der Waals surface area (Å²) in [5.74, 6) is -0.160. The number of hydrogen-bond acceptors (Lipinski definition) is 3. The van der Waals surface area contributed by atoms with Crippen molar-refractivity contribution in [3.63, 3.8) is 0 Å². The number of carbonyl (C=O) groups is 1. The van der Waals surface area contributed by atoms with E-state index in [9.17, 15) is 4.79 Å². The van der Waals surface area contributed by atoms with E-state index in [0.717, 1.165) is 6.42 Å². The Hall–Kier alpha value is -0.280. The van der Waals surface area contributed by atoms with Crippen LogP contribution in [0.25, 0.3) is 0 Å². The number of nitrogens with zero attached hydrogens (tertiary/aromatic N) is 1. The molecule has 1 unspecified atom stereocenters. The van der Waals surface area contributed by atoms with Gasteiger partial charge in [0.25, 0.3) is 0 Å². The first kappa shape index (κ1) is 16.2. The van der Waals surface area contributed by atoms with E-state index < -0.39 is 5.54 Å². The Morgan fingerprint density at radius 1 is 1.43 bits per heavy atom. The van der Waals surface area contributed by atoms with Crippen molar-refractivity contribution < 1.29 is 9.53 Å². The summed E-state index contributed by atoms with van der Waals surface area (Å²) >= 11 is 0. The van der Waals surface area contributed by atoms with Crippen molar-refractivity contribution in [2.24, 2.45) is 0 Å². The molecule has 0 aromatic rings. The zero-order valence-electron chi connectivity index (χ0n) is 9.96. The van der Waals surface area contributed by atoms with E-state index in [4.69, 9.17) is 4.74 Å². The zero-order valence-corrected chi connectivity index (χ0v) is 10.8. The number of rotatable bonds is 4. The average molecular weight is 224 g/mol. The number of likely N-dealkylation sites (N-methyl/N-ethyl adjacent to an activating group) is 1. The Morgan fingerprint density at radius 3 is 2.14 bits per heavy atom. The molecule has 14 heavy (non-hydrogen) atoms. The van der Waals surface area contributed by atoms with Gasteiger partial charge in [0, 0.05) is 0 Å². The molecule has 0 N–H and O–H groups in total. The van der Waals surface area contributed by atoms with Crippen LogP contribution in [0.4, 0.5) is 0 Å². The third-order valence-corrected chi connectivity index (χ3v) is 2.50. The fourth-order valence-corrected chi connectivity index (χ4v) is 0.593. The maximum atomic E-state index is 11.6. The Kier molecular flexibility index (Phi) is 7.21. The standard InChI is InChI=1S/C10H21NO2.ClH/c1-7-8(2)13-9(12)10(3,4)11(5)6;/h8H,7H2,1-6H3;1H. The Balaban J connectivity index is 0. The molecule has 86 valence electrons. The van der Waals surface area contributed by atoms with Gasteiger partial charge in [-0.3, -0.25) is 9.69 Å². The van der Waals surface area contributed by atoms with Gasteiger partial charge in [0.15, 0.2) is 0 Å². The average Bonchev–Trinajstić information content (AvgIpc) is 2.03. The third kappa shape index (κ3) is 4.29. The Morgan fingerprint density at radius 2 is 1.86 bits per heavy atom. The molecule has 0 rings (SSSR count). The molecule has 0 spiro atoms. The van der Waals surface area contributed by atoms with E-state index in [1.165, 1.54) is 0 Å². The van der Waals surface area contributed by atoms with Crippen molar-refractivity contribution >= 4 is 18.4 Å². The van der Waals surface area contributed by atoms with Crippen LogP contribution in [-0.2, 0) is 9.53 Å². The summed E-state index contributed by atoms with van der Waals surface area (Å²) < 4.78 is 5.24. The molecule has 1 atom stereocenters. The van der Waals surface area contributed by atoms with Crippen molar-refractivity contribution in [2.75, 3.05) is 14.1 Å². The Bertz CT molecular complexity index is 181. The second kappa shape index (κ2) is 6.25. The largest absolute Gasteiger partial charge is 0.461 e. The summed E-state index contributed by atoms with van der Waals surface area (Å²) in [6, 6.07) is 0. The van der Waals surface area contributed by atoms with Crippen LogP contribution in [0.1, 0.15) is 34.1 Å². The Labute approximate surface area is 93.2 Å². The van der Waals surface area contributed by atoms with Crippen molar-refractivity contribution in [3.8, 4) is 0 Å². The van der Waals surface area contributed by atoms with Crippen molar-refractivity contribution in [2.45, 2.75) is 45.8 Å². The van der Waals surface area contributed by atoms with Gasteiger partial charge in [0.2, 0.25) is 0 Å². The van der Waals surface area contributed by atoms with Crippen LogP contribution in [0.3, 0.4) is 0 Å². The first-order valence-corrected chi connectivity index (χ1v) is 4.70. The van der Waals surface area contributed by atoms with Gasteiger partial charge in [-0.25, -0.2) is 0 Å². The number of carbonyl (C=O) groups excluding carboxylic acids is 1. The number of ether oxygens (including phenoxy) is 1. The topological polar surface area (TPSA) is 29.5 Å². The highest BCUT2D eigenvalue weighted by molar-refractivity contribution is 5.85. The highest BCUT2D eigenvalue weighted by Crippen LogP contribution is 2.14. The van der Waals surface area contributed by atoms with E-state index in [-0.39, 0.29) is 24.5 Å². The lowest BCUT2D eigenvalue weighted by Crippen LogP contribution is -2.47. The van der Waals surface area contributed by atoms with E-state index >= 15 is 0 Å². The molecule has 0 aromatic carbocycles. The lowest BCUT2D eigenvalue weighted by Gasteiger charge is -2.30. The normalized spacial score (nSPS) is 13.4. The molecule has 0 aromatic heterocycles. The second-order valence-corrected chi connectivity index (χ2v) is 4.08. The fourth-order valence-electron chi connectivity index (χ4n) is 0.593. The van der Waals surface area contributed by atoms with E-state index in [0.29, 0.717) is 0 Å². The summed E-state index contributed by atoms with van der Waals surface area (Å²) in [4.78, 5) is 13.5. The molecule has 0 saturated heterocycles. The predicted molar refractivity (Wildman–Crippen MR) is 60.9 cm³/mol. The quantitative estimate of drug-likeness (QED) is 0.684. The fraction of sp³-hybridized carbons (Fsp3) is 0.900. The number of esters is 1. The molecule has 3 nitrogen and oxygen atoms in total. The van der Waals surface area contributed by atoms with Crippen molar-refractivity contribution in [3.05, 3.63) is 0 Å². The van der Waals surface area contributed by atoms with Gasteiger partial charge in [-0.1, -0.05) is 6.92 Å². The molecule has 0 amide bonds. The lowest BCUT2D eigenvalue weighted by molar-refractivity contribution is -0.159. The summed E-state index contributed by atoms with van der Waals surface area (Å²) in [5.41, 5.74) is -0.538. The van der Waals surface area contributed by atoms with Gasteiger partial charge in [-0.05, 0) is 41.3 Å². The van der Waals surface area contributed by atoms with Crippen LogP contribution in [0.15, 0.2) is 0 Å². The molecular weight excluding hydrogens is 202 g/mol. The molecular formula is C10H22ClNO2. The minimum Gasteiger partial charge on any atom is -0.461 e. The lowest BCUT2D eigenvalue weighted by atomic mass is 10.1. The maximum Gasteiger partial charge on any atom is 0.326 e. The number of hydrogen-bond donors (Lipinski definition) is 0. The summed E-state index contributed by atoms with van der Waals surface area (Å²) in [5, 5.41) is 0. The molecule has 0 saturated carbocycles. The van der Waals surface area contributed by atoms with Gasteiger partial charge in [0.05, 0.1) is 6.10 Å². The highest BCUT2D eigenvalue weighted by atomic mass is 35.5. The van der Waals surface area contributed by atoms with Gasteiger partial charge in [0.1, 0.15) is 5.54 Å². The van der Waals surface area contributed by atoms with Gasteiger partial charge < -0.3 is 4.74 Å². The second-order valence-electron chi connectivity index (χ2n) is 4.08. The summed E-state index contributed by atoms with van der Waals surface area (Å²) in [6.07, 6.45) is 0.863. The van der Waals surface area contributed by atoms with Crippen LogP contribution in [-0.4, -0.2) is 36.6 Å². The minimum absolute atomic E-state index is 0. The molecule has 0 fully saturated rings. The van der Waals surface area contributed by atoms with Gasteiger partial charge in [-0.2, -0.15) is 0 Å². The smallest absolute Gasteiger partial charge is 0.326 e. The SMILES string of the molecule is CCC(C)OC(=O)C(C)(C)N(C)C.Cl. The highest BCUT2D eigenvalue weighted by Gasteiger charge is 2.32. The molecule has 0 bridgehead atoms. The summed E-state index contributed by atoms with van der Waals surface area (Å²) in [7, 11) is 3.75. The molecule has 0 radical (unpaired) electrons. The first-order valence-electron chi connectivity index (χ1n) is 4.70. The summed E-state index contributed by atoms with van der Waals surface area (Å²) in [6.45, 7) is 7.62. The van der Waals surface area contributed by atoms with Crippen LogP contribution in [0, 0.1) is 0 Å².